The molecule has 8 heteroatoms. The highest BCUT2D eigenvalue weighted by atomic mass is 127. The Labute approximate surface area is 180 Å². The molecule has 0 saturated carbocycles. The molecule has 1 aliphatic rings. The SMILES string of the molecule is CN=C(NCc1ncc(C(C)(C)C)o1)NC1CCN(CCCOC)CC1.I. The number of rotatable bonds is 7. The Morgan fingerprint density at radius 3 is 2.63 bits per heavy atom. The summed E-state index contributed by atoms with van der Waals surface area (Å²) in [6, 6.07) is 0.453. The number of halogens is 1. The lowest BCUT2D eigenvalue weighted by molar-refractivity contribution is 0.155. The summed E-state index contributed by atoms with van der Waals surface area (Å²) in [5, 5.41) is 6.82. The van der Waals surface area contributed by atoms with E-state index in [-0.39, 0.29) is 29.4 Å². The van der Waals surface area contributed by atoms with Gasteiger partial charge in [-0.3, -0.25) is 4.99 Å². The molecule has 0 aliphatic carbocycles. The minimum absolute atomic E-state index is 0. The zero-order valence-corrected chi connectivity index (χ0v) is 19.7. The Kier molecular flexibility index (Phi) is 10.6. The van der Waals surface area contributed by atoms with E-state index in [4.69, 9.17) is 9.15 Å². The van der Waals surface area contributed by atoms with Crippen LogP contribution >= 0.6 is 24.0 Å². The Morgan fingerprint density at radius 1 is 1.37 bits per heavy atom. The number of aromatic nitrogens is 1. The lowest BCUT2D eigenvalue weighted by Crippen LogP contribution is -2.48. The predicted octanol–water partition coefficient (Wildman–Crippen LogP) is 2.76. The number of piperidine rings is 1. The first-order valence-corrected chi connectivity index (χ1v) is 9.56. The smallest absolute Gasteiger partial charge is 0.213 e. The molecule has 27 heavy (non-hydrogen) atoms. The molecule has 0 amide bonds. The fraction of sp³-hybridized carbons (Fsp3) is 0.789. The van der Waals surface area contributed by atoms with Gasteiger partial charge >= 0.3 is 0 Å². The van der Waals surface area contributed by atoms with Crippen molar-refractivity contribution in [2.24, 2.45) is 4.99 Å². The second-order valence-corrected chi connectivity index (χ2v) is 7.90. The summed E-state index contributed by atoms with van der Waals surface area (Å²) in [6.45, 7) is 11.1. The molecule has 1 aromatic heterocycles. The Hall–Kier alpha value is -0.870. The third-order valence-electron chi connectivity index (χ3n) is 4.67. The van der Waals surface area contributed by atoms with Crippen molar-refractivity contribution in [2.45, 2.75) is 58.0 Å². The Bertz CT molecular complexity index is 563. The van der Waals surface area contributed by atoms with Gasteiger partial charge in [-0.25, -0.2) is 4.98 Å². The van der Waals surface area contributed by atoms with Crippen LogP contribution in [0.1, 0.15) is 51.7 Å². The summed E-state index contributed by atoms with van der Waals surface area (Å²) in [6.07, 6.45) is 5.17. The van der Waals surface area contributed by atoms with E-state index in [0.29, 0.717) is 18.5 Å². The number of hydrogen-bond donors (Lipinski definition) is 2. The molecule has 1 saturated heterocycles. The number of aliphatic imine (C=N–C) groups is 1. The molecule has 2 N–H and O–H groups in total. The molecule has 7 nitrogen and oxygen atoms in total. The molecular weight excluding hydrogens is 457 g/mol. The number of methoxy groups -OCH3 is 1. The first kappa shape index (κ1) is 24.2. The number of oxazole rings is 1. The lowest BCUT2D eigenvalue weighted by atomic mass is 9.94. The van der Waals surface area contributed by atoms with E-state index < -0.39 is 0 Å². The highest BCUT2D eigenvalue weighted by Crippen LogP contribution is 2.22. The molecule has 0 atom stereocenters. The van der Waals surface area contributed by atoms with Gasteiger partial charge in [-0.1, -0.05) is 20.8 Å². The third-order valence-corrected chi connectivity index (χ3v) is 4.67. The largest absolute Gasteiger partial charge is 0.443 e. The van der Waals surface area contributed by atoms with Crippen LogP contribution in [0, 0.1) is 0 Å². The van der Waals surface area contributed by atoms with Crippen molar-refractivity contribution in [3.8, 4) is 0 Å². The van der Waals surface area contributed by atoms with Crippen LogP contribution in [0.5, 0.6) is 0 Å². The Balaban J connectivity index is 0.00000364. The van der Waals surface area contributed by atoms with Crippen molar-refractivity contribution >= 4 is 29.9 Å². The Morgan fingerprint density at radius 2 is 2.07 bits per heavy atom. The summed E-state index contributed by atoms with van der Waals surface area (Å²) in [5.41, 5.74) is -0.0254. The normalized spacial score (nSPS) is 16.9. The number of hydrogen-bond acceptors (Lipinski definition) is 5. The van der Waals surface area contributed by atoms with Gasteiger partial charge in [-0.15, -0.1) is 24.0 Å². The second kappa shape index (κ2) is 11.9. The molecule has 0 aromatic carbocycles. The van der Waals surface area contributed by atoms with Crippen LogP contribution in [0.2, 0.25) is 0 Å². The number of nitrogens with zero attached hydrogens (tertiary/aromatic N) is 3. The maximum absolute atomic E-state index is 5.82. The monoisotopic (exact) mass is 493 g/mol. The summed E-state index contributed by atoms with van der Waals surface area (Å²) in [7, 11) is 3.56. The van der Waals surface area contributed by atoms with Gasteiger partial charge in [0.25, 0.3) is 0 Å². The zero-order valence-electron chi connectivity index (χ0n) is 17.4. The third kappa shape index (κ3) is 8.35. The zero-order chi connectivity index (χ0) is 19.0. The molecular formula is C19H36IN5O2. The summed E-state index contributed by atoms with van der Waals surface area (Å²) in [4.78, 5) is 11.2. The number of guanidine groups is 1. The number of nitrogens with one attached hydrogen (secondary N) is 2. The molecule has 0 radical (unpaired) electrons. The van der Waals surface area contributed by atoms with Crippen molar-refractivity contribution < 1.29 is 9.15 Å². The molecule has 2 rings (SSSR count). The molecule has 0 bridgehead atoms. The minimum Gasteiger partial charge on any atom is -0.443 e. The van der Waals surface area contributed by atoms with E-state index in [9.17, 15) is 0 Å². The summed E-state index contributed by atoms with van der Waals surface area (Å²) >= 11 is 0. The molecule has 0 unspecified atom stereocenters. The van der Waals surface area contributed by atoms with Gasteiger partial charge in [0.05, 0.1) is 12.7 Å². The van der Waals surface area contributed by atoms with Gasteiger partial charge in [-0.05, 0) is 19.3 Å². The van der Waals surface area contributed by atoms with Crippen LogP contribution in [0.15, 0.2) is 15.6 Å². The molecule has 0 spiro atoms. The molecule has 1 fully saturated rings. The fourth-order valence-corrected chi connectivity index (χ4v) is 3.02. The number of likely N-dealkylation sites (tertiary alicyclic amines) is 1. The molecule has 2 heterocycles. The topological polar surface area (TPSA) is 74.9 Å². The van der Waals surface area contributed by atoms with E-state index in [2.05, 4.69) is 46.3 Å². The maximum Gasteiger partial charge on any atom is 0.213 e. The number of ether oxygens (including phenoxy) is 1. The first-order chi connectivity index (χ1) is 12.4. The van der Waals surface area contributed by atoms with Crippen LogP contribution in [-0.2, 0) is 16.7 Å². The molecule has 156 valence electrons. The molecule has 1 aliphatic heterocycles. The van der Waals surface area contributed by atoms with E-state index >= 15 is 0 Å². The first-order valence-electron chi connectivity index (χ1n) is 9.56. The van der Waals surface area contributed by atoms with Gasteiger partial charge in [0, 0.05) is 51.9 Å². The van der Waals surface area contributed by atoms with Gasteiger partial charge in [0.1, 0.15) is 5.76 Å². The average molecular weight is 493 g/mol. The highest BCUT2D eigenvalue weighted by molar-refractivity contribution is 14.0. The standard InChI is InChI=1S/C19H35N5O2.HI/c1-19(2,3)16-13-21-17(26-16)14-22-18(20-4)23-15-7-10-24(11-8-15)9-6-12-25-5;/h13,15H,6-12,14H2,1-5H3,(H2,20,22,23);1H. The van der Waals surface area contributed by atoms with Crippen LogP contribution in [-0.4, -0.2) is 62.3 Å². The quantitative estimate of drug-likeness (QED) is 0.264. The van der Waals surface area contributed by atoms with Gasteiger partial charge in [0.2, 0.25) is 5.89 Å². The van der Waals surface area contributed by atoms with E-state index in [0.717, 1.165) is 57.2 Å². The van der Waals surface area contributed by atoms with Crippen LogP contribution in [0.25, 0.3) is 0 Å². The van der Waals surface area contributed by atoms with Crippen molar-refractivity contribution in [3.05, 3.63) is 17.8 Å². The summed E-state index contributed by atoms with van der Waals surface area (Å²) in [5.74, 6) is 2.39. The van der Waals surface area contributed by atoms with Crippen molar-refractivity contribution in [1.82, 2.24) is 20.5 Å². The van der Waals surface area contributed by atoms with Crippen LogP contribution in [0.3, 0.4) is 0 Å². The van der Waals surface area contributed by atoms with Crippen LogP contribution < -0.4 is 10.6 Å². The van der Waals surface area contributed by atoms with Crippen molar-refractivity contribution in [3.63, 3.8) is 0 Å². The second-order valence-electron chi connectivity index (χ2n) is 7.90. The minimum atomic E-state index is -0.0254. The average Bonchev–Trinajstić information content (AvgIpc) is 3.09. The van der Waals surface area contributed by atoms with Crippen molar-refractivity contribution in [2.75, 3.05) is 40.4 Å². The van der Waals surface area contributed by atoms with Crippen LogP contribution in [0.4, 0.5) is 0 Å². The predicted molar refractivity (Wildman–Crippen MR) is 120 cm³/mol. The van der Waals surface area contributed by atoms with Gasteiger partial charge in [0.15, 0.2) is 5.96 Å². The molecule has 1 aromatic rings. The maximum atomic E-state index is 5.82. The van der Waals surface area contributed by atoms with Gasteiger partial charge in [-0.2, -0.15) is 0 Å². The van der Waals surface area contributed by atoms with E-state index in [1.807, 2.05) is 6.20 Å². The highest BCUT2D eigenvalue weighted by Gasteiger charge is 2.21. The summed E-state index contributed by atoms with van der Waals surface area (Å²) < 4.78 is 10.9. The van der Waals surface area contributed by atoms with E-state index in [1.165, 1.54) is 0 Å². The lowest BCUT2D eigenvalue weighted by Gasteiger charge is -2.33. The van der Waals surface area contributed by atoms with Gasteiger partial charge < -0.3 is 24.7 Å². The van der Waals surface area contributed by atoms with Crippen molar-refractivity contribution in [1.29, 1.82) is 0 Å². The fourth-order valence-electron chi connectivity index (χ4n) is 3.02. The van der Waals surface area contributed by atoms with E-state index in [1.54, 1.807) is 14.2 Å².